The zero-order valence-electron chi connectivity index (χ0n) is 14.0. The molecular formula is C18H21N3O4. The molecule has 2 aromatic rings. The van der Waals surface area contributed by atoms with Gasteiger partial charge < -0.3 is 15.4 Å². The van der Waals surface area contributed by atoms with Gasteiger partial charge >= 0.3 is 5.69 Å². The fourth-order valence-corrected chi connectivity index (χ4v) is 2.28. The molecule has 0 aliphatic rings. The molecule has 132 valence electrons. The molecule has 2 rings (SSSR count). The van der Waals surface area contributed by atoms with E-state index in [1.165, 1.54) is 30.8 Å². The Morgan fingerprint density at radius 1 is 1.20 bits per heavy atom. The first-order chi connectivity index (χ1) is 12.1. The summed E-state index contributed by atoms with van der Waals surface area (Å²) in [4.78, 5) is 22.2. The molecule has 0 saturated carbocycles. The molecule has 25 heavy (non-hydrogen) atoms. The van der Waals surface area contributed by atoms with E-state index in [0.717, 1.165) is 13.1 Å². The molecule has 0 fully saturated rings. The van der Waals surface area contributed by atoms with Crippen LogP contribution in [-0.2, 0) is 6.54 Å². The molecule has 0 aromatic heterocycles. The number of nitrogens with zero attached hydrogens (tertiary/aromatic N) is 1. The van der Waals surface area contributed by atoms with Crippen molar-refractivity contribution < 1.29 is 14.5 Å². The van der Waals surface area contributed by atoms with Gasteiger partial charge in [-0.05, 0) is 30.7 Å². The van der Waals surface area contributed by atoms with Gasteiger partial charge in [-0.3, -0.25) is 14.9 Å². The molecule has 0 saturated heterocycles. The maximum Gasteiger partial charge on any atom is 0.311 e. The quantitative estimate of drug-likeness (QED) is 0.414. The van der Waals surface area contributed by atoms with E-state index in [0.29, 0.717) is 13.0 Å². The van der Waals surface area contributed by atoms with Gasteiger partial charge in [0.2, 0.25) is 0 Å². The fraction of sp³-hybridized carbons (Fsp3) is 0.278. The summed E-state index contributed by atoms with van der Waals surface area (Å²) in [6, 6.07) is 14.2. The summed E-state index contributed by atoms with van der Waals surface area (Å²) in [6.07, 6.45) is 0.710. The Morgan fingerprint density at radius 2 is 1.96 bits per heavy atom. The second-order valence-electron chi connectivity index (χ2n) is 5.38. The predicted octanol–water partition coefficient (Wildman–Crippen LogP) is 2.51. The molecule has 0 unspecified atom stereocenters. The van der Waals surface area contributed by atoms with Gasteiger partial charge in [0.05, 0.1) is 11.5 Å². The lowest BCUT2D eigenvalue weighted by molar-refractivity contribution is -0.385. The van der Waals surface area contributed by atoms with Crippen molar-refractivity contribution in [2.24, 2.45) is 0 Å². The molecule has 0 aliphatic carbocycles. The highest BCUT2D eigenvalue weighted by molar-refractivity contribution is 5.94. The Labute approximate surface area is 146 Å². The topological polar surface area (TPSA) is 93.5 Å². The van der Waals surface area contributed by atoms with Crippen molar-refractivity contribution in [2.45, 2.75) is 13.0 Å². The Balaban J connectivity index is 1.81. The van der Waals surface area contributed by atoms with E-state index < -0.39 is 4.92 Å². The Morgan fingerprint density at radius 3 is 2.64 bits per heavy atom. The highest BCUT2D eigenvalue weighted by Crippen LogP contribution is 2.28. The van der Waals surface area contributed by atoms with Gasteiger partial charge in [-0.15, -0.1) is 0 Å². The van der Waals surface area contributed by atoms with E-state index in [9.17, 15) is 14.9 Å². The van der Waals surface area contributed by atoms with Crippen molar-refractivity contribution >= 4 is 11.6 Å². The molecule has 7 heteroatoms. The van der Waals surface area contributed by atoms with Crippen LogP contribution in [0.5, 0.6) is 5.75 Å². The lowest BCUT2D eigenvalue weighted by Crippen LogP contribution is -2.18. The first kappa shape index (κ1) is 18.4. The predicted molar refractivity (Wildman–Crippen MR) is 94.7 cm³/mol. The summed E-state index contributed by atoms with van der Waals surface area (Å²) in [6.45, 7) is 1.85. The minimum atomic E-state index is -0.546. The number of nitrogens with one attached hydrogen (secondary N) is 2. The van der Waals surface area contributed by atoms with E-state index >= 15 is 0 Å². The van der Waals surface area contributed by atoms with Crippen LogP contribution < -0.4 is 15.4 Å². The van der Waals surface area contributed by atoms with Gasteiger partial charge in [0, 0.05) is 25.2 Å². The van der Waals surface area contributed by atoms with Gasteiger partial charge in [0.25, 0.3) is 5.91 Å². The van der Waals surface area contributed by atoms with E-state index in [4.69, 9.17) is 4.74 Å². The zero-order valence-corrected chi connectivity index (χ0v) is 14.0. The molecule has 0 spiro atoms. The maximum absolute atomic E-state index is 11.6. The lowest BCUT2D eigenvalue weighted by atomic mass is 10.1. The number of ether oxygens (including phenoxy) is 1. The molecule has 1 amide bonds. The Kier molecular flexibility index (Phi) is 6.91. The number of benzene rings is 2. The lowest BCUT2D eigenvalue weighted by Gasteiger charge is -2.09. The molecule has 0 bridgehead atoms. The van der Waals surface area contributed by atoms with Gasteiger partial charge in [0.1, 0.15) is 0 Å². The number of nitro groups is 1. The van der Waals surface area contributed by atoms with Crippen LogP contribution >= 0.6 is 0 Å². The maximum atomic E-state index is 11.6. The first-order valence-electron chi connectivity index (χ1n) is 8.00. The van der Waals surface area contributed by atoms with Crippen LogP contribution in [0.4, 0.5) is 5.69 Å². The molecule has 7 nitrogen and oxygen atoms in total. The molecule has 0 radical (unpaired) electrons. The summed E-state index contributed by atoms with van der Waals surface area (Å²) < 4.78 is 5.51. The average molecular weight is 343 g/mol. The van der Waals surface area contributed by atoms with Crippen molar-refractivity contribution in [3.05, 3.63) is 69.8 Å². The number of carbonyl (C=O) groups is 1. The number of hydrogen-bond donors (Lipinski definition) is 2. The van der Waals surface area contributed by atoms with Crippen LogP contribution in [0.15, 0.2) is 48.5 Å². The van der Waals surface area contributed by atoms with Crippen LogP contribution in [0.3, 0.4) is 0 Å². The number of carbonyl (C=O) groups excluding carboxylic acids is 1. The van der Waals surface area contributed by atoms with Gasteiger partial charge in [-0.1, -0.05) is 30.3 Å². The van der Waals surface area contributed by atoms with E-state index in [1.54, 1.807) is 0 Å². The van der Waals surface area contributed by atoms with Crippen molar-refractivity contribution in [2.75, 3.05) is 20.2 Å². The molecule has 0 atom stereocenters. The molecule has 0 aliphatic heterocycles. The largest absolute Gasteiger partial charge is 0.487 e. The monoisotopic (exact) mass is 343 g/mol. The minimum absolute atomic E-state index is 0.167. The van der Waals surface area contributed by atoms with Crippen LogP contribution in [0.25, 0.3) is 0 Å². The molecule has 2 aromatic carbocycles. The summed E-state index contributed by atoms with van der Waals surface area (Å²) in [5.74, 6) is -0.208. The summed E-state index contributed by atoms with van der Waals surface area (Å²) in [7, 11) is 1.47. The first-order valence-corrected chi connectivity index (χ1v) is 8.00. The van der Waals surface area contributed by atoms with Crippen molar-refractivity contribution in [3.63, 3.8) is 0 Å². The third kappa shape index (κ3) is 5.58. The smallest absolute Gasteiger partial charge is 0.311 e. The molecular weight excluding hydrogens is 322 g/mol. The van der Waals surface area contributed by atoms with Gasteiger partial charge in [0.15, 0.2) is 5.75 Å². The Hall–Kier alpha value is -2.93. The summed E-state index contributed by atoms with van der Waals surface area (Å²) in [5, 5.41) is 16.9. The minimum Gasteiger partial charge on any atom is -0.487 e. The van der Waals surface area contributed by atoms with E-state index in [1.807, 2.05) is 30.3 Å². The van der Waals surface area contributed by atoms with E-state index in [2.05, 4.69) is 10.6 Å². The van der Waals surface area contributed by atoms with Crippen LogP contribution in [0.1, 0.15) is 22.3 Å². The summed E-state index contributed by atoms with van der Waals surface area (Å²) in [5.41, 5.74) is 1.22. The number of amides is 1. The SMILES string of the molecule is CNC(=O)c1ccc(OCCCNCc2ccccc2)c([N+](=O)[O-])c1. The standard InChI is InChI=1S/C18H21N3O4/c1-19-18(22)15-8-9-17(16(12-15)21(23)24)25-11-5-10-20-13-14-6-3-2-4-7-14/h2-4,6-9,12,20H,5,10-11,13H2,1H3,(H,19,22). The van der Waals surface area contributed by atoms with Crippen LogP contribution in [0, 0.1) is 10.1 Å². The third-order valence-electron chi connectivity index (χ3n) is 3.57. The number of hydrogen-bond acceptors (Lipinski definition) is 5. The summed E-state index contributed by atoms with van der Waals surface area (Å²) >= 11 is 0. The van der Waals surface area contributed by atoms with Gasteiger partial charge in [-0.25, -0.2) is 0 Å². The number of nitro benzene ring substituents is 1. The normalized spacial score (nSPS) is 10.3. The Bertz CT molecular complexity index is 720. The molecule has 2 N–H and O–H groups in total. The van der Waals surface area contributed by atoms with Crippen molar-refractivity contribution in [3.8, 4) is 5.75 Å². The highest BCUT2D eigenvalue weighted by atomic mass is 16.6. The van der Waals surface area contributed by atoms with Crippen LogP contribution in [-0.4, -0.2) is 31.0 Å². The fourth-order valence-electron chi connectivity index (χ4n) is 2.28. The highest BCUT2D eigenvalue weighted by Gasteiger charge is 2.18. The van der Waals surface area contributed by atoms with Crippen LogP contribution in [0.2, 0.25) is 0 Å². The second-order valence-corrected chi connectivity index (χ2v) is 5.38. The van der Waals surface area contributed by atoms with Gasteiger partial charge in [-0.2, -0.15) is 0 Å². The third-order valence-corrected chi connectivity index (χ3v) is 3.57. The van der Waals surface area contributed by atoms with E-state index in [-0.39, 0.29) is 22.9 Å². The average Bonchev–Trinajstić information content (AvgIpc) is 2.64. The molecule has 0 heterocycles. The van der Waals surface area contributed by atoms with Crippen molar-refractivity contribution in [1.29, 1.82) is 0 Å². The second kappa shape index (κ2) is 9.39. The zero-order chi connectivity index (χ0) is 18.1. The number of rotatable bonds is 9. The van der Waals surface area contributed by atoms with Crippen molar-refractivity contribution in [1.82, 2.24) is 10.6 Å².